The highest BCUT2D eigenvalue weighted by molar-refractivity contribution is 5.86. The van der Waals surface area contributed by atoms with E-state index in [9.17, 15) is 4.79 Å². The number of hydrogen-bond acceptors (Lipinski definition) is 3. The Balaban J connectivity index is 2.70. The summed E-state index contributed by atoms with van der Waals surface area (Å²) in [7, 11) is 0. The smallest absolute Gasteiger partial charge is 0.242 e. The lowest BCUT2D eigenvalue weighted by atomic mass is 9.96. The van der Waals surface area contributed by atoms with E-state index in [2.05, 4.69) is 0 Å². The molecule has 0 saturated heterocycles. The Morgan fingerprint density at radius 3 is 2.40 bits per heavy atom. The molecule has 0 aliphatic heterocycles. The van der Waals surface area contributed by atoms with Crippen LogP contribution in [0.1, 0.15) is 39.5 Å². The number of carbonyl (C=O) groups is 1. The van der Waals surface area contributed by atoms with Crippen LogP contribution < -0.4 is 5.73 Å². The molecule has 1 aliphatic rings. The normalized spacial score (nSPS) is 19.5. The van der Waals surface area contributed by atoms with E-state index in [0.29, 0.717) is 6.54 Å². The largest absolute Gasteiger partial charge is 0.395 e. The fourth-order valence-corrected chi connectivity index (χ4v) is 2.21. The molecule has 0 atom stereocenters. The highest BCUT2D eigenvalue weighted by Gasteiger charge is 2.40. The standard InChI is InChI=1S/C11H22N2O2/c1-9(2)13(7-8-14)10(15)11(12)5-3-4-6-11/h9,14H,3-8,12H2,1-2H3. The average Bonchev–Trinajstić information content (AvgIpc) is 2.61. The first-order valence-corrected chi connectivity index (χ1v) is 5.72. The van der Waals surface area contributed by atoms with Gasteiger partial charge in [0.15, 0.2) is 0 Å². The maximum absolute atomic E-state index is 12.2. The van der Waals surface area contributed by atoms with Crippen molar-refractivity contribution >= 4 is 5.91 Å². The second kappa shape index (κ2) is 4.94. The Kier molecular flexibility index (Phi) is 4.11. The number of rotatable bonds is 4. The Hall–Kier alpha value is -0.610. The molecule has 1 rings (SSSR count). The molecule has 1 fully saturated rings. The first kappa shape index (κ1) is 12.5. The van der Waals surface area contributed by atoms with Crippen LogP contribution in [0.3, 0.4) is 0 Å². The van der Waals surface area contributed by atoms with Gasteiger partial charge in [-0.3, -0.25) is 4.79 Å². The monoisotopic (exact) mass is 214 g/mol. The zero-order chi connectivity index (χ0) is 11.5. The fourth-order valence-electron chi connectivity index (χ4n) is 2.21. The van der Waals surface area contributed by atoms with Crippen molar-refractivity contribution in [1.29, 1.82) is 0 Å². The Morgan fingerprint density at radius 2 is 2.00 bits per heavy atom. The van der Waals surface area contributed by atoms with Crippen LogP contribution in [0.25, 0.3) is 0 Å². The Morgan fingerprint density at radius 1 is 1.47 bits per heavy atom. The summed E-state index contributed by atoms with van der Waals surface area (Å²) in [5.41, 5.74) is 5.43. The van der Waals surface area contributed by atoms with Crippen molar-refractivity contribution in [1.82, 2.24) is 4.90 Å². The van der Waals surface area contributed by atoms with E-state index < -0.39 is 5.54 Å². The highest BCUT2D eigenvalue weighted by Crippen LogP contribution is 2.29. The van der Waals surface area contributed by atoms with Crippen molar-refractivity contribution in [3.63, 3.8) is 0 Å². The van der Waals surface area contributed by atoms with Gasteiger partial charge in [0, 0.05) is 12.6 Å². The summed E-state index contributed by atoms with van der Waals surface area (Å²) in [5.74, 6) is 0.00375. The van der Waals surface area contributed by atoms with E-state index in [1.54, 1.807) is 4.90 Å². The minimum atomic E-state index is -0.667. The molecule has 0 aromatic rings. The van der Waals surface area contributed by atoms with Crippen molar-refractivity contribution in [2.24, 2.45) is 5.73 Å². The van der Waals surface area contributed by atoms with Crippen molar-refractivity contribution in [3.8, 4) is 0 Å². The number of hydrogen-bond donors (Lipinski definition) is 2. The number of aliphatic hydroxyl groups is 1. The number of aliphatic hydroxyl groups excluding tert-OH is 1. The first-order chi connectivity index (χ1) is 7.01. The summed E-state index contributed by atoms with van der Waals surface area (Å²) in [6, 6.07) is 0.102. The molecular formula is C11H22N2O2. The van der Waals surface area contributed by atoms with Crippen LogP contribution in [0.5, 0.6) is 0 Å². The molecule has 15 heavy (non-hydrogen) atoms. The van der Waals surface area contributed by atoms with E-state index in [1.807, 2.05) is 13.8 Å². The molecular weight excluding hydrogens is 192 g/mol. The van der Waals surface area contributed by atoms with Gasteiger partial charge in [0.05, 0.1) is 12.1 Å². The Labute approximate surface area is 91.4 Å². The SMILES string of the molecule is CC(C)N(CCO)C(=O)C1(N)CCCC1. The van der Waals surface area contributed by atoms with Crippen LogP contribution in [-0.4, -0.2) is 40.6 Å². The first-order valence-electron chi connectivity index (χ1n) is 5.72. The molecule has 3 N–H and O–H groups in total. The summed E-state index contributed by atoms with van der Waals surface area (Å²) < 4.78 is 0. The Bertz CT molecular complexity index is 223. The molecule has 0 bridgehead atoms. The van der Waals surface area contributed by atoms with Gasteiger partial charge in [0.2, 0.25) is 5.91 Å². The lowest BCUT2D eigenvalue weighted by Gasteiger charge is -2.33. The van der Waals surface area contributed by atoms with Gasteiger partial charge in [-0.15, -0.1) is 0 Å². The predicted octanol–water partition coefficient (Wildman–Crippen LogP) is 0.487. The number of carbonyl (C=O) groups excluding carboxylic acids is 1. The molecule has 4 nitrogen and oxygen atoms in total. The van der Waals surface area contributed by atoms with Gasteiger partial charge in [-0.2, -0.15) is 0 Å². The minimum absolute atomic E-state index is 0. The van der Waals surface area contributed by atoms with Gasteiger partial charge in [-0.1, -0.05) is 12.8 Å². The van der Waals surface area contributed by atoms with Gasteiger partial charge in [-0.05, 0) is 26.7 Å². The summed E-state index contributed by atoms with van der Waals surface area (Å²) >= 11 is 0. The zero-order valence-electron chi connectivity index (χ0n) is 9.70. The lowest BCUT2D eigenvalue weighted by Crippen LogP contribution is -2.56. The zero-order valence-corrected chi connectivity index (χ0v) is 9.70. The van der Waals surface area contributed by atoms with Gasteiger partial charge in [0.25, 0.3) is 0 Å². The van der Waals surface area contributed by atoms with E-state index in [1.165, 1.54) is 0 Å². The van der Waals surface area contributed by atoms with Gasteiger partial charge < -0.3 is 15.7 Å². The summed E-state index contributed by atoms with van der Waals surface area (Å²) in [6.45, 7) is 4.28. The van der Waals surface area contributed by atoms with Crippen molar-refractivity contribution in [3.05, 3.63) is 0 Å². The van der Waals surface area contributed by atoms with E-state index in [0.717, 1.165) is 25.7 Å². The molecule has 0 spiro atoms. The summed E-state index contributed by atoms with van der Waals surface area (Å²) in [4.78, 5) is 13.9. The second-order valence-electron chi connectivity index (χ2n) is 4.68. The molecule has 0 heterocycles. The van der Waals surface area contributed by atoms with E-state index in [-0.39, 0.29) is 18.6 Å². The van der Waals surface area contributed by atoms with Crippen LogP contribution in [0.2, 0.25) is 0 Å². The molecule has 0 aromatic heterocycles. The summed E-state index contributed by atoms with van der Waals surface area (Å²) in [5, 5.41) is 8.93. The van der Waals surface area contributed by atoms with Gasteiger partial charge in [-0.25, -0.2) is 0 Å². The fraction of sp³-hybridized carbons (Fsp3) is 0.909. The average molecular weight is 214 g/mol. The van der Waals surface area contributed by atoms with Crippen LogP contribution in [0, 0.1) is 0 Å². The maximum atomic E-state index is 12.2. The van der Waals surface area contributed by atoms with Crippen LogP contribution in [0.4, 0.5) is 0 Å². The van der Waals surface area contributed by atoms with Crippen LogP contribution >= 0.6 is 0 Å². The predicted molar refractivity (Wildman–Crippen MR) is 59.3 cm³/mol. The minimum Gasteiger partial charge on any atom is -0.395 e. The maximum Gasteiger partial charge on any atom is 0.242 e. The third-order valence-electron chi connectivity index (χ3n) is 3.15. The molecule has 0 radical (unpaired) electrons. The topological polar surface area (TPSA) is 66.6 Å². The molecule has 1 aliphatic carbocycles. The molecule has 88 valence electrons. The van der Waals surface area contributed by atoms with Crippen LogP contribution in [-0.2, 0) is 4.79 Å². The summed E-state index contributed by atoms with van der Waals surface area (Å²) in [6.07, 6.45) is 3.63. The van der Waals surface area contributed by atoms with E-state index in [4.69, 9.17) is 10.8 Å². The molecule has 4 heteroatoms. The third kappa shape index (κ3) is 2.69. The molecule has 1 saturated carbocycles. The van der Waals surface area contributed by atoms with Crippen molar-refractivity contribution in [2.45, 2.75) is 51.1 Å². The quantitative estimate of drug-likeness (QED) is 0.715. The molecule has 0 unspecified atom stereocenters. The third-order valence-corrected chi connectivity index (χ3v) is 3.15. The number of nitrogens with zero attached hydrogens (tertiary/aromatic N) is 1. The van der Waals surface area contributed by atoms with Gasteiger partial charge >= 0.3 is 0 Å². The van der Waals surface area contributed by atoms with E-state index >= 15 is 0 Å². The molecule has 0 aromatic carbocycles. The second-order valence-corrected chi connectivity index (χ2v) is 4.68. The van der Waals surface area contributed by atoms with Crippen molar-refractivity contribution < 1.29 is 9.90 Å². The highest BCUT2D eigenvalue weighted by atomic mass is 16.3. The van der Waals surface area contributed by atoms with Gasteiger partial charge in [0.1, 0.15) is 0 Å². The molecule has 1 amide bonds. The number of nitrogens with two attached hydrogens (primary N) is 1. The lowest BCUT2D eigenvalue weighted by molar-refractivity contribution is -0.139. The van der Waals surface area contributed by atoms with Crippen LogP contribution in [0.15, 0.2) is 0 Å². The van der Waals surface area contributed by atoms with Crippen molar-refractivity contribution in [2.75, 3.05) is 13.2 Å². The number of amides is 1.